The summed E-state index contributed by atoms with van der Waals surface area (Å²) in [5, 5.41) is 3.87. The quantitative estimate of drug-likeness (QED) is 0.679. The second kappa shape index (κ2) is 6.40. The Morgan fingerprint density at radius 3 is 2.79 bits per heavy atom. The third-order valence-electron chi connectivity index (χ3n) is 2.39. The van der Waals surface area contributed by atoms with Gasteiger partial charge in [0.15, 0.2) is 5.78 Å². The van der Waals surface area contributed by atoms with Crippen molar-refractivity contribution in [2.24, 2.45) is 0 Å². The van der Waals surface area contributed by atoms with Gasteiger partial charge in [-0.05, 0) is 29.1 Å². The van der Waals surface area contributed by atoms with Crippen LogP contribution in [-0.2, 0) is 22.2 Å². The van der Waals surface area contributed by atoms with Gasteiger partial charge in [0.05, 0.1) is 11.6 Å². The van der Waals surface area contributed by atoms with Gasteiger partial charge in [0, 0.05) is 16.5 Å². The van der Waals surface area contributed by atoms with E-state index in [2.05, 4.69) is 4.18 Å². The van der Waals surface area contributed by atoms with E-state index in [9.17, 15) is 9.00 Å². The highest BCUT2D eigenvalue weighted by Crippen LogP contribution is 2.22. The zero-order valence-corrected chi connectivity index (χ0v) is 11.9. The van der Waals surface area contributed by atoms with Gasteiger partial charge in [0.1, 0.15) is 0 Å². The van der Waals surface area contributed by atoms with Gasteiger partial charge in [0.25, 0.3) is 0 Å². The van der Waals surface area contributed by atoms with E-state index in [0.717, 1.165) is 0 Å². The maximum absolute atomic E-state index is 12.1. The number of halogens is 1. The molecular formula is C12H9ClO4S2. The molecule has 1 aromatic heterocycles. The van der Waals surface area contributed by atoms with Gasteiger partial charge in [-0.1, -0.05) is 17.7 Å². The van der Waals surface area contributed by atoms with Gasteiger partial charge in [0.2, 0.25) is 0 Å². The van der Waals surface area contributed by atoms with E-state index in [1.54, 1.807) is 29.6 Å². The van der Waals surface area contributed by atoms with Gasteiger partial charge in [-0.25, -0.2) is 0 Å². The fourth-order valence-electron chi connectivity index (χ4n) is 1.50. The van der Waals surface area contributed by atoms with Crippen molar-refractivity contribution in [1.82, 2.24) is 0 Å². The standard InChI is InChI=1S/C12H9ClO4S2/c13-11-5-8(6-17-19(15)16)1-2-10(11)12(14)9-3-4-18-7-9/h1-5,7H,6H2,(H,15,16). The van der Waals surface area contributed by atoms with Gasteiger partial charge < -0.3 is 0 Å². The van der Waals surface area contributed by atoms with Crippen LogP contribution in [0.25, 0.3) is 0 Å². The number of carbonyl (C=O) groups is 1. The molecule has 1 aromatic carbocycles. The molecule has 0 radical (unpaired) electrons. The Labute approximate surface area is 121 Å². The van der Waals surface area contributed by atoms with E-state index in [1.807, 2.05) is 5.38 Å². The number of hydrogen-bond acceptors (Lipinski definition) is 4. The number of rotatable bonds is 5. The SMILES string of the molecule is O=C(c1ccsc1)c1ccc(COS(=O)O)cc1Cl. The first-order valence-corrected chi connectivity index (χ1v) is 7.52. The van der Waals surface area contributed by atoms with Gasteiger partial charge in [-0.2, -0.15) is 15.5 Å². The van der Waals surface area contributed by atoms with Gasteiger partial charge >= 0.3 is 11.4 Å². The fraction of sp³-hybridized carbons (Fsp3) is 0.0833. The summed E-state index contributed by atoms with van der Waals surface area (Å²) >= 11 is 5.16. The van der Waals surface area contributed by atoms with Crippen LogP contribution in [0.4, 0.5) is 0 Å². The number of carbonyl (C=O) groups excluding carboxylic acids is 1. The lowest BCUT2D eigenvalue weighted by Gasteiger charge is -2.05. The zero-order valence-electron chi connectivity index (χ0n) is 9.54. The van der Waals surface area contributed by atoms with Crippen molar-refractivity contribution in [2.45, 2.75) is 6.61 Å². The minimum Gasteiger partial charge on any atom is -0.289 e. The minimum absolute atomic E-state index is 0.0459. The molecular weight excluding hydrogens is 308 g/mol. The number of hydrogen-bond donors (Lipinski definition) is 1. The smallest absolute Gasteiger partial charge is 0.289 e. The number of benzene rings is 1. The second-order valence-corrected chi connectivity index (χ2v) is 5.49. The molecule has 7 heteroatoms. The normalized spacial score (nSPS) is 12.3. The molecule has 1 heterocycles. The molecule has 100 valence electrons. The van der Waals surface area contributed by atoms with Crippen molar-refractivity contribution in [3.63, 3.8) is 0 Å². The lowest BCUT2D eigenvalue weighted by atomic mass is 10.0. The highest BCUT2D eigenvalue weighted by atomic mass is 35.5. The molecule has 1 unspecified atom stereocenters. The van der Waals surface area contributed by atoms with Gasteiger partial charge in [-0.15, -0.1) is 0 Å². The van der Waals surface area contributed by atoms with Crippen LogP contribution < -0.4 is 0 Å². The summed E-state index contributed by atoms with van der Waals surface area (Å²) in [7, 11) is 0. The van der Waals surface area contributed by atoms with Crippen molar-refractivity contribution < 1.29 is 17.7 Å². The summed E-state index contributed by atoms with van der Waals surface area (Å²) < 4.78 is 23.4. The highest BCUT2D eigenvalue weighted by Gasteiger charge is 2.13. The van der Waals surface area contributed by atoms with Crippen molar-refractivity contribution in [1.29, 1.82) is 0 Å². The van der Waals surface area contributed by atoms with Crippen LogP contribution in [-0.4, -0.2) is 14.5 Å². The summed E-state index contributed by atoms with van der Waals surface area (Å²) in [5.41, 5.74) is 1.61. The summed E-state index contributed by atoms with van der Waals surface area (Å²) in [6.45, 7) is -0.0459. The van der Waals surface area contributed by atoms with Crippen molar-refractivity contribution in [3.05, 3.63) is 56.7 Å². The van der Waals surface area contributed by atoms with Crippen LogP contribution in [0.5, 0.6) is 0 Å². The molecule has 0 saturated heterocycles. The molecule has 19 heavy (non-hydrogen) atoms. The largest absolute Gasteiger partial charge is 0.302 e. The Morgan fingerprint density at radius 2 is 2.21 bits per heavy atom. The van der Waals surface area contributed by atoms with E-state index < -0.39 is 11.4 Å². The van der Waals surface area contributed by atoms with Gasteiger partial charge in [-0.3, -0.25) is 13.5 Å². The second-order valence-electron chi connectivity index (χ2n) is 3.63. The Morgan fingerprint density at radius 1 is 1.42 bits per heavy atom. The lowest BCUT2D eigenvalue weighted by molar-refractivity contribution is 0.103. The van der Waals surface area contributed by atoms with Crippen molar-refractivity contribution in [2.75, 3.05) is 0 Å². The Balaban J connectivity index is 2.20. The number of ketones is 1. The van der Waals surface area contributed by atoms with Crippen LogP contribution in [0, 0.1) is 0 Å². The van der Waals surface area contributed by atoms with Crippen molar-refractivity contribution in [3.8, 4) is 0 Å². The Kier molecular flexibility index (Phi) is 4.84. The van der Waals surface area contributed by atoms with Crippen molar-refractivity contribution >= 4 is 40.1 Å². The maximum Gasteiger partial charge on any atom is 0.302 e. The van der Waals surface area contributed by atoms with Crippen LogP contribution in [0.15, 0.2) is 35.0 Å². The molecule has 0 amide bonds. The van der Waals surface area contributed by atoms with E-state index in [0.29, 0.717) is 21.7 Å². The Bertz CT molecular complexity index is 610. The first kappa shape index (κ1) is 14.4. The summed E-state index contributed by atoms with van der Waals surface area (Å²) in [5.74, 6) is -0.149. The molecule has 1 N–H and O–H groups in total. The minimum atomic E-state index is -2.32. The summed E-state index contributed by atoms with van der Waals surface area (Å²) in [6.07, 6.45) is 0. The molecule has 0 aliphatic rings. The molecule has 1 atom stereocenters. The molecule has 2 aromatic rings. The Hall–Kier alpha value is -1.05. The molecule has 0 fully saturated rings. The molecule has 4 nitrogen and oxygen atoms in total. The van der Waals surface area contributed by atoms with Crippen LogP contribution in [0.1, 0.15) is 21.5 Å². The molecule has 0 bridgehead atoms. The highest BCUT2D eigenvalue weighted by molar-refractivity contribution is 7.74. The molecule has 0 saturated carbocycles. The molecule has 0 spiro atoms. The molecule has 2 rings (SSSR count). The van der Waals surface area contributed by atoms with E-state index in [-0.39, 0.29) is 12.4 Å². The predicted molar refractivity (Wildman–Crippen MR) is 74.8 cm³/mol. The van der Waals surface area contributed by atoms with E-state index in [4.69, 9.17) is 16.2 Å². The maximum atomic E-state index is 12.1. The first-order valence-electron chi connectivity index (χ1n) is 5.17. The number of thiophene rings is 1. The summed E-state index contributed by atoms with van der Waals surface area (Å²) in [4.78, 5) is 12.1. The van der Waals surface area contributed by atoms with Crippen LogP contribution >= 0.6 is 22.9 Å². The third kappa shape index (κ3) is 3.71. The lowest BCUT2D eigenvalue weighted by Crippen LogP contribution is -2.02. The average Bonchev–Trinajstić information content (AvgIpc) is 2.89. The molecule has 0 aliphatic heterocycles. The fourth-order valence-corrected chi connectivity index (χ4v) is 2.66. The first-order chi connectivity index (χ1) is 9.08. The van der Waals surface area contributed by atoms with Crippen LogP contribution in [0.2, 0.25) is 5.02 Å². The monoisotopic (exact) mass is 316 g/mol. The predicted octanol–water partition coefficient (Wildman–Crippen LogP) is 3.29. The average molecular weight is 317 g/mol. The topological polar surface area (TPSA) is 63.6 Å². The zero-order chi connectivity index (χ0) is 13.8. The van der Waals surface area contributed by atoms with Crippen LogP contribution in [0.3, 0.4) is 0 Å². The van der Waals surface area contributed by atoms with E-state index >= 15 is 0 Å². The molecule has 0 aliphatic carbocycles. The third-order valence-corrected chi connectivity index (χ3v) is 3.70. The van der Waals surface area contributed by atoms with E-state index in [1.165, 1.54) is 11.3 Å². The summed E-state index contributed by atoms with van der Waals surface area (Å²) in [6, 6.07) is 6.50.